The highest BCUT2D eigenvalue weighted by atomic mass is 16.7. The Hall–Kier alpha value is -2.52. The molecule has 1 aliphatic rings. The van der Waals surface area contributed by atoms with Crippen LogP contribution in [0.25, 0.3) is 0 Å². The normalized spacial score (nSPS) is 14.8. The molecule has 25 heavy (non-hydrogen) atoms. The third-order valence-corrected chi connectivity index (χ3v) is 3.64. The van der Waals surface area contributed by atoms with Gasteiger partial charge in [-0.15, -0.1) is 5.06 Å². The molecule has 1 amide bonds. The van der Waals surface area contributed by atoms with Gasteiger partial charge in [-0.3, -0.25) is 14.9 Å². The summed E-state index contributed by atoms with van der Waals surface area (Å²) < 4.78 is 5.16. The Kier molecular flexibility index (Phi) is 6.84. The number of ether oxygens (including phenoxy) is 1. The number of hydrogen-bond acceptors (Lipinski definition) is 7. The fourth-order valence-electron chi connectivity index (χ4n) is 2.27. The van der Waals surface area contributed by atoms with Gasteiger partial charge in [0.15, 0.2) is 0 Å². The first-order chi connectivity index (χ1) is 12.0. The number of morpholine rings is 1. The maximum atomic E-state index is 12.1. The zero-order chi connectivity index (χ0) is 18.2. The van der Waals surface area contributed by atoms with Crippen molar-refractivity contribution in [2.75, 3.05) is 31.6 Å². The molecule has 9 nitrogen and oxygen atoms in total. The Labute approximate surface area is 145 Å². The number of nitro groups is 1. The lowest BCUT2D eigenvalue weighted by molar-refractivity contribution is -0.384. The Morgan fingerprint density at radius 1 is 1.36 bits per heavy atom. The molecule has 0 bridgehead atoms. The number of nitrogens with one attached hydrogen (secondary N) is 1. The van der Waals surface area contributed by atoms with Crippen LogP contribution in [0, 0.1) is 10.1 Å². The minimum atomic E-state index is -0.686. The Morgan fingerprint density at radius 3 is 2.72 bits per heavy atom. The summed E-state index contributed by atoms with van der Waals surface area (Å²) in [7, 11) is 0. The van der Waals surface area contributed by atoms with Crippen molar-refractivity contribution in [3.8, 4) is 0 Å². The molecule has 1 aliphatic heterocycles. The second kappa shape index (κ2) is 9.09. The van der Waals surface area contributed by atoms with E-state index < -0.39 is 10.9 Å². The number of carbonyl (C=O) groups is 2. The summed E-state index contributed by atoms with van der Waals surface area (Å²) in [6.45, 7) is 3.75. The smallest absolute Gasteiger partial charge is 0.357 e. The molecule has 0 unspecified atom stereocenters. The standard InChI is InChI=1S/C16H21N3O6/c1-2-3-4-15(20)17-13-6-5-12(11-14(13)19(22)23)16(21)25-18-7-9-24-10-8-18/h5-6,11H,2-4,7-10H2,1H3,(H,17,20). The number of nitro benzene ring substituents is 1. The molecule has 1 fully saturated rings. The molecule has 1 N–H and O–H groups in total. The van der Waals surface area contributed by atoms with Crippen LogP contribution < -0.4 is 5.32 Å². The van der Waals surface area contributed by atoms with Gasteiger partial charge in [-0.2, -0.15) is 0 Å². The van der Waals surface area contributed by atoms with Gasteiger partial charge in [0, 0.05) is 12.5 Å². The Bertz CT molecular complexity index is 643. The van der Waals surface area contributed by atoms with Crippen LogP contribution in [0.4, 0.5) is 11.4 Å². The predicted octanol–water partition coefficient (Wildman–Crippen LogP) is 2.13. The minimum Gasteiger partial charge on any atom is -0.379 e. The molecule has 9 heteroatoms. The van der Waals surface area contributed by atoms with E-state index in [1.54, 1.807) is 0 Å². The second-order valence-electron chi connectivity index (χ2n) is 5.56. The van der Waals surface area contributed by atoms with Crippen LogP contribution in [0.2, 0.25) is 0 Å². The summed E-state index contributed by atoms with van der Waals surface area (Å²) in [6.07, 6.45) is 1.83. The molecule has 0 saturated carbocycles. The number of nitrogens with zero attached hydrogens (tertiary/aromatic N) is 2. The Balaban J connectivity index is 2.10. The molecule has 1 saturated heterocycles. The van der Waals surface area contributed by atoms with Crippen LogP contribution in [-0.2, 0) is 14.4 Å². The van der Waals surface area contributed by atoms with Crippen molar-refractivity contribution in [3.05, 3.63) is 33.9 Å². The lowest BCUT2D eigenvalue weighted by atomic mass is 10.1. The molecular formula is C16H21N3O6. The Morgan fingerprint density at radius 2 is 2.08 bits per heavy atom. The molecule has 1 aromatic carbocycles. The van der Waals surface area contributed by atoms with Crippen LogP contribution in [0.1, 0.15) is 36.5 Å². The van der Waals surface area contributed by atoms with Crippen LogP contribution in [0.5, 0.6) is 0 Å². The first kappa shape index (κ1) is 18.8. The van der Waals surface area contributed by atoms with E-state index in [2.05, 4.69) is 5.32 Å². The molecule has 0 aromatic heterocycles. The van der Waals surface area contributed by atoms with E-state index in [1.807, 2.05) is 6.92 Å². The number of carbonyl (C=O) groups excluding carboxylic acids is 2. The van der Waals surface area contributed by atoms with Gasteiger partial charge in [-0.25, -0.2) is 4.79 Å². The van der Waals surface area contributed by atoms with E-state index in [4.69, 9.17) is 9.57 Å². The van der Waals surface area contributed by atoms with E-state index >= 15 is 0 Å². The fraction of sp³-hybridized carbons (Fsp3) is 0.500. The van der Waals surface area contributed by atoms with Crippen LogP contribution in [-0.4, -0.2) is 48.2 Å². The summed E-state index contributed by atoms with van der Waals surface area (Å²) in [4.78, 5) is 39.7. The lowest BCUT2D eigenvalue weighted by Crippen LogP contribution is -2.37. The van der Waals surface area contributed by atoms with Gasteiger partial charge in [0.1, 0.15) is 5.69 Å². The molecule has 1 aromatic rings. The average Bonchev–Trinajstić information content (AvgIpc) is 2.60. The molecule has 2 rings (SSSR count). The van der Waals surface area contributed by atoms with Crippen molar-refractivity contribution in [2.24, 2.45) is 0 Å². The lowest BCUT2D eigenvalue weighted by Gasteiger charge is -2.24. The van der Waals surface area contributed by atoms with Gasteiger partial charge >= 0.3 is 5.97 Å². The number of amides is 1. The molecule has 0 aliphatic carbocycles. The van der Waals surface area contributed by atoms with E-state index in [0.717, 1.165) is 12.5 Å². The van der Waals surface area contributed by atoms with Gasteiger partial charge in [-0.05, 0) is 18.6 Å². The summed E-state index contributed by atoms with van der Waals surface area (Å²) in [5, 5.41) is 15.2. The van der Waals surface area contributed by atoms with Gasteiger partial charge in [0.05, 0.1) is 36.8 Å². The molecule has 136 valence electrons. The summed E-state index contributed by atoms with van der Waals surface area (Å²) in [6, 6.07) is 3.85. The topological polar surface area (TPSA) is 111 Å². The SMILES string of the molecule is CCCCC(=O)Nc1ccc(C(=O)ON2CCOCC2)cc1[N+](=O)[O-]. The number of benzene rings is 1. The number of unbranched alkanes of at least 4 members (excludes halogenated alkanes) is 1. The molecular weight excluding hydrogens is 330 g/mol. The maximum Gasteiger partial charge on any atom is 0.357 e. The van der Waals surface area contributed by atoms with E-state index in [-0.39, 0.29) is 29.3 Å². The molecule has 0 radical (unpaired) electrons. The highest BCUT2D eigenvalue weighted by Gasteiger charge is 2.22. The second-order valence-corrected chi connectivity index (χ2v) is 5.56. The van der Waals surface area contributed by atoms with Crippen molar-refractivity contribution in [2.45, 2.75) is 26.2 Å². The van der Waals surface area contributed by atoms with Crippen LogP contribution in [0.3, 0.4) is 0 Å². The number of hydrogen-bond donors (Lipinski definition) is 1. The zero-order valence-corrected chi connectivity index (χ0v) is 14.0. The zero-order valence-electron chi connectivity index (χ0n) is 14.0. The molecule has 0 spiro atoms. The highest BCUT2D eigenvalue weighted by Crippen LogP contribution is 2.26. The van der Waals surface area contributed by atoms with Gasteiger partial charge in [0.25, 0.3) is 5.69 Å². The third-order valence-electron chi connectivity index (χ3n) is 3.64. The van der Waals surface area contributed by atoms with Crippen molar-refractivity contribution < 1.29 is 24.1 Å². The number of rotatable bonds is 7. The monoisotopic (exact) mass is 351 g/mol. The van der Waals surface area contributed by atoms with Gasteiger partial charge in [-0.1, -0.05) is 13.3 Å². The summed E-state index contributed by atoms with van der Waals surface area (Å²) in [5.74, 6) is -0.984. The summed E-state index contributed by atoms with van der Waals surface area (Å²) >= 11 is 0. The minimum absolute atomic E-state index is 0.0461. The quantitative estimate of drug-likeness (QED) is 0.591. The van der Waals surface area contributed by atoms with E-state index in [1.165, 1.54) is 17.2 Å². The van der Waals surface area contributed by atoms with E-state index in [0.29, 0.717) is 32.7 Å². The van der Waals surface area contributed by atoms with Gasteiger partial charge in [0.2, 0.25) is 5.91 Å². The fourth-order valence-corrected chi connectivity index (χ4v) is 2.27. The van der Waals surface area contributed by atoms with E-state index in [9.17, 15) is 19.7 Å². The largest absolute Gasteiger partial charge is 0.379 e. The van der Waals surface area contributed by atoms with Crippen molar-refractivity contribution in [3.63, 3.8) is 0 Å². The predicted molar refractivity (Wildman–Crippen MR) is 89.1 cm³/mol. The number of anilines is 1. The van der Waals surface area contributed by atoms with Crippen LogP contribution in [0.15, 0.2) is 18.2 Å². The molecule has 0 atom stereocenters. The first-order valence-electron chi connectivity index (χ1n) is 8.14. The highest BCUT2D eigenvalue weighted by molar-refractivity contribution is 5.96. The van der Waals surface area contributed by atoms with Crippen molar-refractivity contribution in [1.29, 1.82) is 0 Å². The van der Waals surface area contributed by atoms with Crippen LogP contribution >= 0.6 is 0 Å². The number of hydroxylamine groups is 2. The van der Waals surface area contributed by atoms with Crippen molar-refractivity contribution >= 4 is 23.3 Å². The maximum absolute atomic E-state index is 12.1. The summed E-state index contributed by atoms with van der Waals surface area (Å²) in [5.41, 5.74) is -0.236. The third kappa shape index (κ3) is 5.50. The average molecular weight is 351 g/mol. The van der Waals surface area contributed by atoms with Gasteiger partial charge < -0.3 is 14.9 Å². The molecule has 1 heterocycles. The first-order valence-corrected chi connectivity index (χ1v) is 8.14. The van der Waals surface area contributed by atoms with Crippen molar-refractivity contribution in [1.82, 2.24) is 5.06 Å².